The molecule has 1 aromatic heterocycles. The van der Waals surface area contributed by atoms with Crippen molar-refractivity contribution in [2.45, 2.75) is 27.2 Å². The van der Waals surface area contributed by atoms with Crippen molar-refractivity contribution in [3.8, 4) is 0 Å². The molecular weight excluding hydrogens is 244 g/mol. The first-order valence-electron chi connectivity index (χ1n) is 6.45. The number of likely N-dealkylation sites (N-methyl/N-ethyl adjacent to an activating group) is 1. The van der Waals surface area contributed by atoms with Gasteiger partial charge in [-0.3, -0.25) is 4.79 Å². The maximum Gasteiger partial charge on any atom is 0.226 e. The normalized spacial score (nSPS) is 12.8. The second-order valence-electron chi connectivity index (χ2n) is 5.12. The molecule has 0 saturated carbocycles. The molecule has 1 atom stereocenters. The highest BCUT2D eigenvalue weighted by Crippen LogP contribution is 2.17. The second-order valence-corrected chi connectivity index (χ2v) is 6.12. The van der Waals surface area contributed by atoms with Crippen molar-refractivity contribution in [3.63, 3.8) is 0 Å². The zero-order chi connectivity index (χ0) is 13.7. The molecule has 0 aliphatic carbocycles. The molecule has 0 aromatic carbocycles. The van der Waals surface area contributed by atoms with Crippen molar-refractivity contribution in [2.24, 2.45) is 17.6 Å². The van der Waals surface area contributed by atoms with Gasteiger partial charge in [0, 0.05) is 25.0 Å². The van der Waals surface area contributed by atoms with Crippen molar-refractivity contribution >= 4 is 17.2 Å². The predicted molar refractivity (Wildman–Crippen MR) is 77.8 cm³/mol. The summed E-state index contributed by atoms with van der Waals surface area (Å²) in [6, 6.07) is 2.12. The van der Waals surface area contributed by atoms with Gasteiger partial charge in [0.05, 0.1) is 5.92 Å². The number of nitrogens with two attached hydrogens (primary N) is 1. The minimum atomic E-state index is -0.0561. The molecule has 0 spiro atoms. The molecule has 0 aliphatic heterocycles. The van der Waals surface area contributed by atoms with Crippen molar-refractivity contribution < 1.29 is 4.79 Å². The molecule has 2 N–H and O–H groups in total. The second kappa shape index (κ2) is 6.90. The zero-order valence-electron chi connectivity index (χ0n) is 11.8. The molecule has 0 aliphatic rings. The number of thiophene rings is 1. The summed E-state index contributed by atoms with van der Waals surface area (Å²) in [4.78, 5) is 15.4. The number of amides is 1. The van der Waals surface area contributed by atoms with Gasteiger partial charge < -0.3 is 10.6 Å². The number of carbonyl (C=O) groups is 1. The van der Waals surface area contributed by atoms with E-state index < -0.39 is 0 Å². The van der Waals surface area contributed by atoms with E-state index in [0.717, 1.165) is 13.0 Å². The highest BCUT2D eigenvalue weighted by molar-refractivity contribution is 7.10. The molecule has 102 valence electrons. The fraction of sp³-hybridized carbons (Fsp3) is 0.643. The topological polar surface area (TPSA) is 46.3 Å². The van der Waals surface area contributed by atoms with Gasteiger partial charge >= 0.3 is 0 Å². The molecule has 1 amide bonds. The average Bonchev–Trinajstić information content (AvgIpc) is 2.72. The first-order valence-corrected chi connectivity index (χ1v) is 7.33. The van der Waals surface area contributed by atoms with Crippen LogP contribution in [0.25, 0.3) is 0 Å². The highest BCUT2D eigenvalue weighted by atomic mass is 32.1. The number of hydrogen-bond donors (Lipinski definition) is 1. The van der Waals surface area contributed by atoms with Crippen LogP contribution in [0.4, 0.5) is 0 Å². The van der Waals surface area contributed by atoms with E-state index in [1.807, 2.05) is 25.8 Å². The maximum absolute atomic E-state index is 12.2. The summed E-state index contributed by atoms with van der Waals surface area (Å²) in [7, 11) is 1.87. The molecule has 0 radical (unpaired) electrons. The summed E-state index contributed by atoms with van der Waals surface area (Å²) in [5.41, 5.74) is 7.00. The summed E-state index contributed by atoms with van der Waals surface area (Å²) >= 11 is 1.76. The van der Waals surface area contributed by atoms with E-state index in [1.54, 1.807) is 11.3 Å². The van der Waals surface area contributed by atoms with Crippen LogP contribution < -0.4 is 5.73 Å². The molecule has 0 saturated heterocycles. The Kier molecular flexibility index (Phi) is 5.82. The summed E-state index contributed by atoms with van der Waals surface area (Å²) in [5.74, 6) is 0.412. The number of carbonyl (C=O) groups excluding carboxylic acids is 1. The number of rotatable bonds is 6. The van der Waals surface area contributed by atoms with E-state index in [-0.39, 0.29) is 11.8 Å². The molecule has 0 bridgehead atoms. The van der Waals surface area contributed by atoms with Crippen LogP contribution in [0, 0.1) is 18.8 Å². The Morgan fingerprint density at radius 2 is 2.17 bits per heavy atom. The Balaban J connectivity index is 2.52. The minimum absolute atomic E-state index is 0.0561. The lowest BCUT2D eigenvalue weighted by atomic mass is 9.94. The molecular formula is C14H24N2OS. The molecule has 1 unspecified atom stereocenters. The Labute approximate surface area is 114 Å². The Morgan fingerprint density at radius 1 is 1.50 bits per heavy atom. The van der Waals surface area contributed by atoms with Gasteiger partial charge in [0.15, 0.2) is 0 Å². The molecule has 1 heterocycles. The van der Waals surface area contributed by atoms with E-state index >= 15 is 0 Å². The summed E-state index contributed by atoms with van der Waals surface area (Å²) in [6.07, 6.45) is 0.932. The lowest BCUT2D eigenvalue weighted by Crippen LogP contribution is -2.40. The van der Waals surface area contributed by atoms with Crippen molar-refractivity contribution in [3.05, 3.63) is 21.9 Å². The SMILES string of the molecule is Cc1ccsc1CCN(C)C(=O)C(CN)C(C)C. The summed E-state index contributed by atoms with van der Waals surface area (Å²) in [5, 5.41) is 2.10. The lowest BCUT2D eigenvalue weighted by Gasteiger charge is -2.25. The Morgan fingerprint density at radius 3 is 2.61 bits per heavy atom. The summed E-state index contributed by atoms with van der Waals surface area (Å²) in [6.45, 7) is 7.41. The van der Waals surface area contributed by atoms with Crippen LogP contribution in [0.1, 0.15) is 24.3 Å². The van der Waals surface area contributed by atoms with Crippen LogP contribution in [-0.4, -0.2) is 30.9 Å². The van der Waals surface area contributed by atoms with Gasteiger partial charge in [0.1, 0.15) is 0 Å². The first kappa shape index (κ1) is 15.2. The maximum atomic E-state index is 12.2. The third kappa shape index (κ3) is 3.82. The van der Waals surface area contributed by atoms with Crippen molar-refractivity contribution in [1.82, 2.24) is 4.90 Å². The van der Waals surface area contributed by atoms with E-state index in [9.17, 15) is 4.79 Å². The molecule has 3 nitrogen and oxygen atoms in total. The van der Waals surface area contributed by atoms with Crippen LogP contribution in [-0.2, 0) is 11.2 Å². The zero-order valence-corrected chi connectivity index (χ0v) is 12.6. The number of aryl methyl sites for hydroxylation is 1. The fourth-order valence-electron chi connectivity index (χ4n) is 1.98. The van der Waals surface area contributed by atoms with E-state index in [4.69, 9.17) is 5.73 Å². The molecule has 18 heavy (non-hydrogen) atoms. The van der Waals surface area contributed by atoms with Crippen LogP contribution in [0.2, 0.25) is 0 Å². The third-order valence-corrected chi connectivity index (χ3v) is 4.48. The van der Waals surface area contributed by atoms with Crippen LogP contribution in [0.15, 0.2) is 11.4 Å². The fourth-order valence-corrected chi connectivity index (χ4v) is 2.88. The standard InChI is InChI=1S/C14H24N2OS/c1-10(2)12(9-15)14(17)16(4)7-5-13-11(3)6-8-18-13/h6,8,10,12H,5,7,9,15H2,1-4H3. The van der Waals surface area contributed by atoms with Gasteiger partial charge in [-0.2, -0.15) is 0 Å². The average molecular weight is 268 g/mol. The van der Waals surface area contributed by atoms with Crippen molar-refractivity contribution in [1.29, 1.82) is 0 Å². The van der Waals surface area contributed by atoms with E-state index in [0.29, 0.717) is 12.5 Å². The molecule has 1 rings (SSSR count). The smallest absolute Gasteiger partial charge is 0.226 e. The molecule has 0 fully saturated rings. The predicted octanol–water partition coefficient (Wildman–Crippen LogP) is 2.29. The largest absolute Gasteiger partial charge is 0.345 e. The number of nitrogens with zero attached hydrogens (tertiary/aromatic N) is 1. The lowest BCUT2D eigenvalue weighted by molar-refractivity contribution is -0.135. The Hall–Kier alpha value is -0.870. The molecule has 1 aromatic rings. The van der Waals surface area contributed by atoms with E-state index in [2.05, 4.69) is 18.4 Å². The monoisotopic (exact) mass is 268 g/mol. The molecule has 4 heteroatoms. The summed E-state index contributed by atoms with van der Waals surface area (Å²) < 4.78 is 0. The van der Waals surface area contributed by atoms with Gasteiger partial charge in [0.25, 0.3) is 0 Å². The first-order chi connectivity index (χ1) is 8.47. The van der Waals surface area contributed by atoms with Crippen molar-refractivity contribution in [2.75, 3.05) is 20.1 Å². The van der Waals surface area contributed by atoms with Crippen LogP contribution in [0.5, 0.6) is 0 Å². The Bertz CT molecular complexity index is 387. The van der Waals surface area contributed by atoms with Gasteiger partial charge in [-0.1, -0.05) is 13.8 Å². The van der Waals surface area contributed by atoms with Gasteiger partial charge in [0.2, 0.25) is 5.91 Å². The third-order valence-electron chi connectivity index (χ3n) is 3.39. The minimum Gasteiger partial charge on any atom is -0.345 e. The van der Waals surface area contributed by atoms with Crippen LogP contribution in [0.3, 0.4) is 0 Å². The van der Waals surface area contributed by atoms with Crippen LogP contribution >= 0.6 is 11.3 Å². The van der Waals surface area contributed by atoms with Gasteiger partial charge in [-0.05, 0) is 36.3 Å². The quantitative estimate of drug-likeness (QED) is 0.860. The highest BCUT2D eigenvalue weighted by Gasteiger charge is 2.23. The van der Waals surface area contributed by atoms with Gasteiger partial charge in [-0.15, -0.1) is 11.3 Å². The number of hydrogen-bond acceptors (Lipinski definition) is 3. The van der Waals surface area contributed by atoms with E-state index in [1.165, 1.54) is 10.4 Å². The van der Waals surface area contributed by atoms with Gasteiger partial charge in [-0.25, -0.2) is 0 Å².